The molecule has 0 aliphatic rings. The zero-order chi connectivity index (χ0) is 16.8. The molecule has 2 aromatic rings. The van der Waals surface area contributed by atoms with E-state index in [2.05, 4.69) is 0 Å². The molecular formula is C10H9FN3O7P. The molecule has 1 unspecified atom stereocenters. The fourth-order valence-electron chi connectivity index (χ4n) is 1.91. The summed E-state index contributed by atoms with van der Waals surface area (Å²) in [5.41, 5.74) is -4.21. The van der Waals surface area contributed by atoms with Crippen LogP contribution in [0.3, 0.4) is 0 Å². The number of aromatic amines is 1. The van der Waals surface area contributed by atoms with Gasteiger partial charge in [0.15, 0.2) is 0 Å². The Morgan fingerprint density at radius 3 is 2.50 bits per heavy atom. The van der Waals surface area contributed by atoms with Crippen molar-refractivity contribution < 1.29 is 23.7 Å². The fraction of sp³-hybridized carbons (Fsp3) is 0.200. The van der Waals surface area contributed by atoms with E-state index in [0.717, 1.165) is 6.92 Å². The highest BCUT2D eigenvalue weighted by Crippen LogP contribution is 2.48. The van der Waals surface area contributed by atoms with Gasteiger partial charge in [0.1, 0.15) is 5.78 Å². The van der Waals surface area contributed by atoms with Gasteiger partial charge < -0.3 is 14.8 Å². The Kier molecular flexibility index (Phi) is 3.73. The van der Waals surface area contributed by atoms with Gasteiger partial charge in [-0.05, 0) is 6.92 Å². The fourth-order valence-corrected chi connectivity index (χ4v) is 2.44. The molecule has 10 nitrogen and oxygen atoms in total. The summed E-state index contributed by atoms with van der Waals surface area (Å²) >= 11 is 0. The minimum atomic E-state index is -4.83. The average molecular weight is 333 g/mol. The van der Waals surface area contributed by atoms with Gasteiger partial charge in [0.05, 0.1) is 16.0 Å². The van der Waals surface area contributed by atoms with E-state index < -0.39 is 40.9 Å². The maximum absolute atomic E-state index is 13.6. The number of rotatable bonds is 3. The number of H-pyrrole nitrogens is 1. The molecule has 0 aliphatic heterocycles. The summed E-state index contributed by atoms with van der Waals surface area (Å²) in [6, 6.07) is 1.24. The number of halogens is 1. The number of aromatic nitrogens is 2. The van der Waals surface area contributed by atoms with Crippen LogP contribution in [0.25, 0.3) is 11.0 Å². The molecule has 0 radical (unpaired) electrons. The topological polar surface area (TPSA) is 156 Å². The zero-order valence-corrected chi connectivity index (χ0v) is 11.8. The van der Waals surface area contributed by atoms with Crippen molar-refractivity contribution >= 4 is 24.3 Å². The van der Waals surface area contributed by atoms with Gasteiger partial charge in [-0.3, -0.25) is 28.8 Å². The molecule has 0 spiro atoms. The highest BCUT2D eigenvalue weighted by Gasteiger charge is 2.30. The van der Waals surface area contributed by atoms with Crippen LogP contribution in [-0.4, -0.2) is 24.3 Å². The van der Waals surface area contributed by atoms with Gasteiger partial charge in [-0.1, -0.05) is 0 Å². The summed E-state index contributed by atoms with van der Waals surface area (Å²) in [5, 5.41) is 10.7. The molecule has 1 heterocycles. The predicted molar refractivity (Wildman–Crippen MR) is 72.2 cm³/mol. The van der Waals surface area contributed by atoms with Crippen molar-refractivity contribution in [3.05, 3.63) is 48.8 Å². The lowest BCUT2D eigenvalue weighted by Gasteiger charge is -2.18. The van der Waals surface area contributed by atoms with Crippen LogP contribution in [-0.2, 0) is 4.57 Å². The van der Waals surface area contributed by atoms with E-state index in [1.165, 1.54) is 0 Å². The second-order valence-electron chi connectivity index (χ2n) is 4.43. The van der Waals surface area contributed by atoms with E-state index in [9.17, 15) is 38.4 Å². The van der Waals surface area contributed by atoms with E-state index in [1.54, 1.807) is 0 Å². The first kappa shape index (κ1) is 16.0. The predicted octanol–water partition coefficient (Wildman–Crippen LogP) is 0.433. The first-order chi connectivity index (χ1) is 10.0. The summed E-state index contributed by atoms with van der Waals surface area (Å²) in [5.74, 6) is -3.02. The number of benzene rings is 1. The number of hydrogen-bond acceptors (Lipinski definition) is 5. The second kappa shape index (κ2) is 5.13. The van der Waals surface area contributed by atoms with Crippen molar-refractivity contribution in [2.75, 3.05) is 0 Å². The normalized spacial score (nSPS) is 13.3. The first-order valence-electron chi connectivity index (χ1n) is 5.71. The Bertz CT molecular complexity index is 944. The van der Waals surface area contributed by atoms with E-state index in [-0.39, 0.29) is 11.0 Å². The smallest absolute Gasteiger partial charge is 0.323 e. The number of nitrogens with zero attached hydrogens (tertiary/aromatic N) is 2. The van der Waals surface area contributed by atoms with E-state index in [1.807, 2.05) is 4.98 Å². The van der Waals surface area contributed by atoms with Crippen LogP contribution in [0.4, 0.5) is 10.1 Å². The van der Waals surface area contributed by atoms with Crippen molar-refractivity contribution in [1.29, 1.82) is 0 Å². The van der Waals surface area contributed by atoms with Gasteiger partial charge in [0.25, 0.3) is 0 Å². The van der Waals surface area contributed by atoms with Crippen molar-refractivity contribution in [3.63, 3.8) is 0 Å². The molecule has 1 aromatic carbocycles. The van der Waals surface area contributed by atoms with Crippen LogP contribution in [0.2, 0.25) is 0 Å². The Morgan fingerprint density at radius 1 is 1.41 bits per heavy atom. The van der Waals surface area contributed by atoms with Crippen LogP contribution < -0.4 is 11.1 Å². The lowest BCUT2D eigenvalue weighted by atomic mass is 10.2. The summed E-state index contributed by atoms with van der Waals surface area (Å²) in [6.07, 6.45) is 0. The summed E-state index contributed by atoms with van der Waals surface area (Å²) in [4.78, 5) is 53.4. The van der Waals surface area contributed by atoms with Gasteiger partial charge >= 0.3 is 24.4 Å². The molecular weight excluding hydrogens is 324 g/mol. The van der Waals surface area contributed by atoms with E-state index >= 15 is 0 Å². The van der Waals surface area contributed by atoms with Gasteiger partial charge in [0.2, 0.25) is 5.82 Å². The quantitative estimate of drug-likeness (QED) is 0.318. The van der Waals surface area contributed by atoms with Crippen LogP contribution >= 0.6 is 7.60 Å². The van der Waals surface area contributed by atoms with Crippen molar-refractivity contribution in [3.8, 4) is 0 Å². The zero-order valence-electron chi connectivity index (χ0n) is 10.9. The van der Waals surface area contributed by atoms with Gasteiger partial charge in [-0.2, -0.15) is 4.39 Å². The molecule has 0 bridgehead atoms. The van der Waals surface area contributed by atoms with Crippen LogP contribution in [0.5, 0.6) is 0 Å². The number of nitro benzene ring substituents is 1. The summed E-state index contributed by atoms with van der Waals surface area (Å²) in [7, 11) is -4.83. The van der Waals surface area contributed by atoms with Crippen molar-refractivity contribution in [1.82, 2.24) is 9.55 Å². The van der Waals surface area contributed by atoms with Gasteiger partial charge in [0, 0.05) is 12.1 Å². The molecule has 0 saturated heterocycles. The monoisotopic (exact) mass is 333 g/mol. The Morgan fingerprint density at radius 2 is 2.00 bits per heavy atom. The van der Waals surface area contributed by atoms with Crippen molar-refractivity contribution in [2.45, 2.75) is 12.7 Å². The third-order valence-corrected chi connectivity index (χ3v) is 4.25. The standard InChI is InChI=1S/C10H9FN3O7P/c1-4(22(19,20)21)13-8-3-7(14(17)18)5(11)2-6(8)12-9(15)10(13)16/h2-4H,1H3,(H,12,15)(H2,19,20,21). The molecule has 1 atom stereocenters. The minimum Gasteiger partial charge on any atom is -0.323 e. The van der Waals surface area contributed by atoms with Crippen molar-refractivity contribution in [2.24, 2.45) is 0 Å². The van der Waals surface area contributed by atoms with Crippen LogP contribution in [0, 0.1) is 15.9 Å². The van der Waals surface area contributed by atoms with E-state index in [0.29, 0.717) is 16.7 Å². The number of nitro groups is 1. The number of fused-ring (bicyclic) bond motifs is 1. The largest absolute Gasteiger partial charge is 0.347 e. The molecule has 118 valence electrons. The highest BCUT2D eigenvalue weighted by atomic mass is 31.2. The Hall–Kier alpha value is -2.36. The SMILES string of the molecule is CC(n1c(=O)c(=O)[nH]c2cc(F)c([N+](=O)[O-])cc21)P(=O)(O)O. The van der Waals surface area contributed by atoms with Gasteiger partial charge in [-0.25, -0.2) is 0 Å². The van der Waals surface area contributed by atoms with Crippen LogP contribution in [0.1, 0.15) is 12.7 Å². The maximum Gasteiger partial charge on any atom is 0.347 e. The third kappa shape index (κ3) is 2.56. The molecule has 22 heavy (non-hydrogen) atoms. The number of hydrogen-bond donors (Lipinski definition) is 3. The second-order valence-corrected chi connectivity index (χ2v) is 6.35. The Balaban J connectivity index is 3.01. The minimum absolute atomic E-state index is 0.298. The summed E-state index contributed by atoms with van der Waals surface area (Å²) < 4.78 is 25.3. The highest BCUT2D eigenvalue weighted by molar-refractivity contribution is 7.51. The van der Waals surface area contributed by atoms with Crippen LogP contribution in [0.15, 0.2) is 21.7 Å². The lowest BCUT2D eigenvalue weighted by molar-refractivity contribution is -0.387. The molecule has 12 heteroatoms. The van der Waals surface area contributed by atoms with E-state index in [4.69, 9.17) is 0 Å². The molecule has 0 saturated carbocycles. The molecule has 2 rings (SSSR count). The molecule has 0 aliphatic carbocycles. The van der Waals surface area contributed by atoms with Gasteiger partial charge in [-0.15, -0.1) is 0 Å². The number of nitrogens with one attached hydrogen (secondary N) is 1. The molecule has 3 N–H and O–H groups in total. The Labute approximate surface area is 120 Å². The maximum atomic E-state index is 13.6. The first-order valence-corrected chi connectivity index (χ1v) is 7.40. The average Bonchev–Trinajstić information content (AvgIpc) is 2.38. The lowest BCUT2D eigenvalue weighted by Crippen LogP contribution is -2.37. The third-order valence-electron chi connectivity index (χ3n) is 3.04. The molecule has 0 fully saturated rings. The summed E-state index contributed by atoms with van der Waals surface area (Å²) in [6.45, 7) is 0.969. The molecule has 1 aromatic heterocycles. The molecule has 0 amide bonds.